The van der Waals surface area contributed by atoms with Gasteiger partial charge in [-0.1, -0.05) is 18.2 Å². The number of carbonyl (C=O) groups excluding carboxylic acids is 2. The van der Waals surface area contributed by atoms with E-state index in [1.807, 2.05) is 43.3 Å². The van der Waals surface area contributed by atoms with Gasteiger partial charge in [-0.2, -0.15) is 0 Å². The van der Waals surface area contributed by atoms with Crippen LogP contribution in [0.3, 0.4) is 0 Å². The number of benzene rings is 2. The van der Waals surface area contributed by atoms with Crippen molar-refractivity contribution in [1.82, 2.24) is 0 Å². The summed E-state index contributed by atoms with van der Waals surface area (Å²) in [5.41, 5.74) is 2.72. The first kappa shape index (κ1) is 20.0. The Balaban J connectivity index is 1.82. The van der Waals surface area contributed by atoms with Gasteiger partial charge in [0.25, 0.3) is 5.91 Å². The number of ether oxygens (including phenoxy) is 2. The van der Waals surface area contributed by atoms with Gasteiger partial charge in [0, 0.05) is 10.9 Å². The van der Waals surface area contributed by atoms with Crippen LogP contribution in [-0.2, 0) is 20.7 Å². The van der Waals surface area contributed by atoms with Crippen LogP contribution in [0.1, 0.15) is 24.5 Å². The summed E-state index contributed by atoms with van der Waals surface area (Å²) < 4.78 is 11.1. The Morgan fingerprint density at radius 3 is 2.46 bits per heavy atom. The summed E-state index contributed by atoms with van der Waals surface area (Å²) in [5.74, 6) is -0.0114. The van der Waals surface area contributed by atoms with Crippen LogP contribution in [0.2, 0.25) is 0 Å². The first-order chi connectivity index (χ1) is 12.4. The Hall–Kier alpha value is -2.34. The predicted molar refractivity (Wildman–Crippen MR) is 104 cm³/mol. The first-order valence-corrected chi connectivity index (χ1v) is 9.07. The number of methoxy groups -OCH3 is 1. The molecule has 1 atom stereocenters. The standard InChI is InChI=1S/C20H22BrNO4/c1-13-4-10-18(17(21)12-13)22-20(24)14(2)26-19(23)11-7-15-5-8-16(25-3)9-6-15/h4-6,8-10,12,14H,7,11H2,1-3H3,(H,22,24)/t14-/m0/s1. The monoisotopic (exact) mass is 419 g/mol. The topological polar surface area (TPSA) is 64.6 Å². The molecule has 0 aromatic heterocycles. The lowest BCUT2D eigenvalue weighted by Gasteiger charge is -2.14. The van der Waals surface area contributed by atoms with Crippen molar-refractivity contribution in [1.29, 1.82) is 0 Å². The second-order valence-electron chi connectivity index (χ2n) is 5.95. The highest BCUT2D eigenvalue weighted by Gasteiger charge is 2.18. The fourth-order valence-electron chi connectivity index (χ4n) is 2.30. The minimum atomic E-state index is -0.869. The molecule has 138 valence electrons. The molecule has 0 bridgehead atoms. The number of esters is 1. The fourth-order valence-corrected chi connectivity index (χ4v) is 2.90. The predicted octanol–water partition coefficient (Wildman–Crippen LogP) is 4.27. The number of carbonyl (C=O) groups is 2. The van der Waals surface area contributed by atoms with Gasteiger partial charge in [0.05, 0.1) is 12.8 Å². The van der Waals surface area contributed by atoms with Crippen LogP contribution in [0.15, 0.2) is 46.9 Å². The average molecular weight is 420 g/mol. The van der Waals surface area contributed by atoms with E-state index in [1.165, 1.54) is 0 Å². The third-order valence-electron chi connectivity index (χ3n) is 3.84. The number of nitrogens with one attached hydrogen (secondary N) is 1. The molecule has 6 heteroatoms. The number of aryl methyl sites for hydroxylation is 2. The molecule has 0 aliphatic carbocycles. The van der Waals surface area contributed by atoms with Gasteiger partial charge in [-0.25, -0.2) is 0 Å². The number of halogens is 1. The Labute approximate surface area is 161 Å². The van der Waals surface area contributed by atoms with E-state index in [0.29, 0.717) is 12.1 Å². The first-order valence-electron chi connectivity index (χ1n) is 8.28. The highest BCUT2D eigenvalue weighted by molar-refractivity contribution is 9.10. The molecule has 2 aromatic carbocycles. The summed E-state index contributed by atoms with van der Waals surface area (Å²) in [6.45, 7) is 3.52. The second-order valence-corrected chi connectivity index (χ2v) is 6.81. The molecule has 0 radical (unpaired) electrons. The molecule has 2 aromatic rings. The lowest BCUT2D eigenvalue weighted by atomic mass is 10.1. The lowest BCUT2D eigenvalue weighted by Crippen LogP contribution is -2.30. The van der Waals surface area contributed by atoms with E-state index >= 15 is 0 Å². The van der Waals surface area contributed by atoms with Crippen molar-refractivity contribution >= 4 is 33.5 Å². The van der Waals surface area contributed by atoms with Gasteiger partial charge in [0.1, 0.15) is 5.75 Å². The molecule has 26 heavy (non-hydrogen) atoms. The van der Waals surface area contributed by atoms with E-state index in [1.54, 1.807) is 20.1 Å². The molecule has 0 aliphatic heterocycles. The largest absolute Gasteiger partial charge is 0.497 e. The van der Waals surface area contributed by atoms with Gasteiger partial charge < -0.3 is 14.8 Å². The van der Waals surface area contributed by atoms with Crippen LogP contribution in [0.5, 0.6) is 5.75 Å². The van der Waals surface area contributed by atoms with E-state index in [-0.39, 0.29) is 12.3 Å². The van der Waals surface area contributed by atoms with Crippen LogP contribution in [-0.4, -0.2) is 25.1 Å². The molecule has 0 unspecified atom stereocenters. The summed E-state index contributed by atoms with van der Waals surface area (Å²) in [6.07, 6.45) is -0.120. The molecule has 0 fully saturated rings. The number of amides is 1. The Morgan fingerprint density at radius 2 is 1.85 bits per heavy atom. The van der Waals surface area contributed by atoms with Gasteiger partial charge in [0.2, 0.25) is 0 Å². The van der Waals surface area contributed by atoms with Crippen molar-refractivity contribution in [3.63, 3.8) is 0 Å². The van der Waals surface area contributed by atoms with Crippen molar-refractivity contribution < 1.29 is 19.1 Å². The van der Waals surface area contributed by atoms with Crippen LogP contribution < -0.4 is 10.1 Å². The maximum absolute atomic E-state index is 12.2. The number of anilines is 1. The Morgan fingerprint density at radius 1 is 1.15 bits per heavy atom. The number of hydrogen-bond donors (Lipinski definition) is 1. The smallest absolute Gasteiger partial charge is 0.306 e. The maximum atomic E-state index is 12.2. The van der Waals surface area contributed by atoms with Crippen molar-refractivity contribution in [3.05, 3.63) is 58.1 Å². The van der Waals surface area contributed by atoms with Gasteiger partial charge >= 0.3 is 5.97 Å². The van der Waals surface area contributed by atoms with Crippen molar-refractivity contribution in [2.75, 3.05) is 12.4 Å². The quantitative estimate of drug-likeness (QED) is 0.680. The minimum Gasteiger partial charge on any atom is -0.497 e. The fraction of sp³-hybridized carbons (Fsp3) is 0.300. The van der Waals surface area contributed by atoms with Crippen molar-refractivity contribution in [2.24, 2.45) is 0 Å². The molecular formula is C20H22BrNO4. The van der Waals surface area contributed by atoms with E-state index < -0.39 is 12.1 Å². The Bertz CT molecular complexity index is 774. The zero-order valence-electron chi connectivity index (χ0n) is 15.0. The highest BCUT2D eigenvalue weighted by Crippen LogP contribution is 2.23. The molecule has 1 N–H and O–H groups in total. The van der Waals surface area contributed by atoms with E-state index in [9.17, 15) is 9.59 Å². The second kappa shape index (κ2) is 9.38. The number of rotatable bonds is 7. The van der Waals surface area contributed by atoms with Crippen molar-refractivity contribution in [2.45, 2.75) is 32.8 Å². The average Bonchev–Trinajstić information content (AvgIpc) is 2.62. The highest BCUT2D eigenvalue weighted by atomic mass is 79.9. The molecule has 0 spiro atoms. The van der Waals surface area contributed by atoms with E-state index in [4.69, 9.17) is 9.47 Å². The van der Waals surface area contributed by atoms with E-state index in [2.05, 4.69) is 21.2 Å². The summed E-state index contributed by atoms with van der Waals surface area (Å²) in [6, 6.07) is 13.1. The van der Waals surface area contributed by atoms with E-state index in [0.717, 1.165) is 21.3 Å². The summed E-state index contributed by atoms with van der Waals surface area (Å²) >= 11 is 3.41. The molecular weight excluding hydrogens is 398 g/mol. The third kappa shape index (κ3) is 5.88. The Kier molecular flexibility index (Phi) is 7.21. The molecule has 0 saturated heterocycles. The van der Waals surface area contributed by atoms with Crippen LogP contribution in [0, 0.1) is 6.92 Å². The van der Waals surface area contributed by atoms with Crippen LogP contribution >= 0.6 is 15.9 Å². The SMILES string of the molecule is COc1ccc(CCC(=O)O[C@@H](C)C(=O)Nc2ccc(C)cc2Br)cc1. The summed E-state index contributed by atoms with van der Waals surface area (Å²) in [4.78, 5) is 24.2. The minimum absolute atomic E-state index is 0.207. The summed E-state index contributed by atoms with van der Waals surface area (Å²) in [7, 11) is 1.61. The zero-order valence-corrected chi connectivity index (χ0v) is 16.6. The van der Waals surface area contributed by atoms with Crippen LogP contribution in [0.25, 0.3) is 0 Å². The zero-order chi connectivity index (χ0) is 19.1. The van der Waals surface area contributed by atoms with Gasteiger partial charge in [-0.3, -0.25) is 9.59 Å². The molecule has 5 nitrogen and oxygen atoms in total. The van der Waals surface area contributed by atoms with Gasteiger partial charge in [-0.15, -0.1) is 0 Å². The van der Waals surface area contributed by atoms with Crippen molar-refractivity contribution in [3.8, 4) is 5.75 Å². The lowest BCUT2D eigenvalue weighted by molar-refractivity contribution is -0.153. The molecule has 0 aliphatic rings. The molecule has 0 saturated carbocycles. The molecule has 0 heterocycles. The van der Waals surface area contributed by atoms with Gasteiger partial charge in [-0.05, 0) is 71.6 Å². The molecule has 2 rings (SSSR count). The van der Waals surface area contributed by atoms with Crippen LogP contribution in [0.4, 0.5) is 5.69 Å². The number of hydrogen-bond acceptors (Lipinski definition) is 4. The van der Waals surface area contributed by atoms with Gasteiger partial charge in [0.15, 0.2) is 6.10 Å². The maximum Gasteiger partial charge on any atom is 0.306 e. The third-order valence-corrected chi connectivity index (χ3v) is 4.49. The normalized spacial score (nSPS) is 11.5. The summed E-state index contributed by atoms with van der Waals surface area (Å²) in [5, 5.41) is 2.75. The molecule has 1 amide bonds.